The average molecular weight is 389 g/mol. The van der Waals surface area contributed by atoms with Crippen LogP contribution in [0.15, 0.2) is 17.1 Å². The number of ether oxygens (including phenoxy) is 1. The maximum Gasteiger partial charge on any atom is 0.411 e. The van der Waals surface area contributed by atoms with Crippen molar-refractivity contribution in [1.29, 1.82) is 0 Å². The number of rotatable bonds is 2. The van der Waals surface area contributed by atoms with Crippen molar-refractivity contribution in [3.05, 3.63) is 28.2 Å². The molecule has 1 aliphatic carbocycles. The summed E-state index contributed by atoms with van der Waals surface area (Å²) in [6.07, 6.45) is 6.00. The van der Waals surface area contributed by atoms with Gasteiger partial charge in [-0.3, -0.25) is 14.5 Å². The van der Waals surface area contributed by atoms with Gasteiger partial charge in [-0.25, -0.2) is 4.79 Å². The summed E-state index contributed by atoms with van der Waals surface area (Å²) in [5.74, 6) is 0.111. The van der Waals surface area contributed by atoms with E-state index in [0.29, 0.717) is 23.6 Å². The molecule has 0 bridgehead atoms. The van der Waals surface area contributed by atoms with Gasteiger partial charge < -0.3 is 14.6 Å². The van der Waals surface area contributed by atoms with E-state index < -0.39 is 17.7 Å². The summed E-state index contributed by atoms with van der Waals surface area (Å²) < 4.78 is 7.05. The maximum absolute atomic E-state index is 13.1. The maximum atomic E-state index is 13.1. The van der Waals surface area contributed by atoms with Crippen molar-refractivity contribution in [2.45, 2.75) is 77.5 Å². The standard InChI is InChI=1S/C21H31N3O4/c1-13-10-18(25)23(5)12-15(13)22-19(26)17-11-14-8-6-7-9-16(14)24(17)20(27)28-21(2,3)4/h10,12,14,16-17H,6-9,11H2,1-5H3,(H,22,26)/t14-,16+,17+/m1/s1. The van der Waals surface area contributed by atoms with Gasteiger partial charge in [0.15, 0.2) is 0 Å². The summed E-state index contributed by atoms with van der Waals surface area (Å²) >= 11 is 0. The molecule has 28 heavy (non-hydrogen) atoms. The average Bonchev–Trinajstić information content (AvgIpc) is 2.98. The molecular formula is C21H31N3O4. The number of nitrogens with zero attached hydrogens (tertiary/aromatic N) is 2. The lowest BCUT2D eigenvalue weighted by atomic mass is 9.85. The number of nitrogens with one attached hydrogen (secondary N) is 1. The molecule has 0 aromatic carbocycles. The molecular weight excluding hydrogens is 358 g/mol. The van der Waals surface area contributed by atoms with E-state index in [4.69, 9.17) is 4.74 Å². The summed E-state index contributed by atoms with van der Waals surface area (Å²) in [6.45, 7) is 7.30. The fraction of sp³-hybridized carbons (Fsp3) is 0.667. The molecule has 1 saturated heterocycles. The van der Waals surface area contributed by atoms with Crippen molar-refractivity contribution in [2.75, 3.05) is 5.32 Å². The SMILES string of the molecule is Cc1cc(=O)n(C)cc1NC(=O)[C@@H]1C[C@H]2CCCC[C@@H]2N1C(=O)OC(C)(C)C. The number of amides is 2. The second kappa shape index (κ2) is 7.60. The third-order valence-electron chi connectivity index (χ3n) is 5.69. The second-order valence-corrected chi connectivity index (χ2v) is 9.06. The van der Waals surface area contributed by atoms with Gasteiger partial charge in [-0.1, -0.05) is 12.8 Å². The molecule has 0 radical (unpaired) electrons. The van der Waals surface area contributed by atoms with Crippen LogP contribution in [0, 0.1) is 12.8 Å². The van der Waals surface area contributed by atoms with Gasteiger partial charge in [-0.2, -0.15) is 0 Å². The molecule has 1 aromatic heterocycles. The topological polar surface area (TPSA) is 80.6 Å². The molecule has 7 heteroatoms. The van der Waals surface area contributed by atoms with Crippen molar-refractivity contribution in [1.82, 2.24) is 9.47 Å². The van der Waals surface area contributed by atoms with E-state index in [-0.39, 0.29) is 17.5 Å². The largest absolute Gasteiger partial charge is 0.444 e. The zero-order chi connectivity index (χ0) is 20.6. The fourth-order valence-electron chi connectivity index (χ4n) is 4.34. The van der Waals surface area contributed by atoms with E-state index in [2.05, 4.69) is 5.32 Å². The minimum Gasteiger partial charge on any atom is -0.444 e. The third kappa shape index (κ3) is 4.23. The molecule has 154 valence electrons. The zero-order valence-electron chi connectivity index (χ0n) is 17.4. The van der Waals surface area contributed by atoms with Gasteiger partial charge in [0.2, 0.25) is 5.91 Å². The second-order valence-electron chi connectivity index (χ2n) is 9.06. The molecule has 1 aliphatic heterocycles. The van der Waals surface area contributed by atoms with Crippen LogP contribution in [0.1, 0.15) is 58.4 Å². The molecule has 0 spiro atoms. The minimum atomic E-state index is -0.612. The molecule has 1 saturated carbocycles. The molecule has 2 fully saturated rings. The number of anilines is 1. The summed E-state index contributed by atoms with van der Waals surface area (Å²) in [6, 6.07) is 0.996. The van der Waals surface area contributed by atoms with Gasteiger partial charge in [-0.15, -0.1) is 0 Å². The van der Waals surface area contributed by atoms with E-state index in [1.165, 1.54) is 10.6 Å². The van der Waals surface area contributed by atoms with Gasteiger partial charge in [0.05, 0.1) is 5.69 Å². The quantitative estimate of drug-likeness (QED) is 0.842. The van der Waals surface area contributed by atoms with Crippen LogP contribution in [-0.4, -0.2) is 39.2 Å². The number of carbonyl (C=O) groups excluding carboxylic acids is 2. The van der Waals surface area contributed by atoms with Crippen LogP contribution in [0.2, 0.25) is 0 Å². The van der Waals surface area contributed by atoms with E-state index >= 15 is 0 Å². The number of fused-ring (bicyclic) bond motifs is 1. The predicted octanol–water partition coefficient (Wildman–Crippen LogP) is 3.20. The predicted molar refractivity (Wildman–Crippen MR) is 107 cm³/mol. The highest BCUT2D eigenvalue weighted by molar-refractivity contribution is 5.97. The summed E-state index contributed by atoms with van der Waals surface area (Å²) in [5, 5.41) is 2.93. The number of aromatic nitrogens is 1. The van der Waals surface area contributed by atoms with Crippen LogP contribution in [0.4, 0.5) is 10.5 Å². The molecule has 2 aliphatic rings. The van der Waals surface area contributed by atoms with Gasteiger partial charge in [0.1, 0.15) is 11.6 Å². The summed E-state index contributed by atoms with van der Waals surface area (Å²) in [5.41, 5.74) is 0.554. The van der Waals surface area contributed by atoms with E-state index in [1.54, 1.807) is 25.1 Å². The number of carbonyl (C=O) groups is 2. The van der Waals surface area contributed by atoms with Crippen molar-refractivity contribution in [3.63, 3.8) is 0 Å². The Morgan fingerprint density at radius 1 is 1.21 bits per heavy atom. The van der Waals surface area contributed by atoms with E-state index in [0.717, 1.165) is 25.7 Å². The monoisotopic (exact) mass is 389 g/mol. The lowest BCUT2D eigenvalue weighted by molar-refractivity contribution is -0.120. The highest BCUT2D eigenvalue weighted by atomic mass is 16.6. The first-order valence-electron chi connectivity index (χ1n) is 10.1. The van der Waals surface area contributed by atoms with Crippen LogP contribution >= 0.6 is 0 Å². The van der Waals surface area contributed by atoms with Crippen molar-refractivity contribution in [3.8, 4) is 0 Å². The Labute approximate surface area is 166 Å². The molecule has 3 atom stereocenters. The smallest absolute Gasteiger partial charge is 0.411 e. The highest BCUT2D eigenvalue weighted by Gasteiger charge is 2.48. The van der Waals surface area contributed by atoms with Gasteiger partial charge in [-0.05, 0) is 58.4 Å². The third-order valence-corrected chi connectivity index (χ3v) is 5.69. The Balaban J connectivity index is 1.85. The first kappa shape index (κ1) is 20.4. The van der Waals surface area contributed by atoms with Crippen LogP contribution in [0.25, 0.3) is 0 Å². The van der Waals surface area contributed by atoms with E-state index in [1.807, 2.05) is 20.8 Å². The fourth-order valence-corrected chi connectivity index (χ4v) is 4.34. The summed E-state index contributed by atoms with van der Waals surface area (Å²) in [7, 11) is 1.65. The Bertz CT molecular complexity index is 824. The molecule has 1 N–H and O–H groups in total. The van der Waals surface area contributed by atoms with Crippen molar-refractivity contribution in [2.24, 2.45) is 13.0 Å². The molecule has 7 nitrogen and oxygen atoms in total. The van der Waals surface area contributed by atoms with Gasteiger partial charge >= 0.3 is 6.09 Å². The molecule has 1 aromatic rings. The van der Waals surface area contributed by atoms with Crippen molar-refractivity contribution >= 4 is 17.7 Å². The number of aryl methyl sites for hydroxylation is 2. The minimum absolute atomic E-state index is 0.0561. The number of hydrogen-bond donors (Lipinski definition) is 1. The molecule has 3 rings (SSSR count). The first-order chi connectivity index (χ1) is 13.1. The van der Waals surface area contributed by atoms with Gasteiger partial charge in [0, 0.05) is 25.4 Å². The lowest BCUT2D eigenvalue weighted by Crippen LogP contribution is -2.49. The van der Waals surface area contributed by atoms with Crippen LogP contribution < -0.4 is 10.9 Å². The molecule has 2 amide bonds. The Kier molecular flexibility index (Phi) is 5.55. The van der Waals surface area contributed by atoms with Gasteiger partial charge in [0.25, 0.3) is 5.56 Å². The molecule has 2 heterocycles. The number of hydrogen-bond acceptors (Lipinski definition) is 4. The Hall–Kier alpha value is -2.31. The lowest BCUT2D eigenvalue weighted by Gasteiger charge is -2.34. The zero-order valence-corrected chi connectivity index (χ0v) is 17.4. The Morgan fingerprint density at radius 3 is 2.57 bits per heavy atom. The summed E-state index contributed by atoms with van der Waals surface area (Å²) in [4.78, 5) is 39.5. The van der Waals surface area contributed by atoms with Crippen LogP contribution in [0.3, 0.4) is 0 Å². The first-order valence-corrected chi connectivity index (χ1v) is 10.1. The Morgan fingerprint density at radius 2 is 1.89 bits per heavy atom. The van der Waals surface area contributed by atoms with Crippen LogP contribution in [-0.2, 0) is 16.6 Å². The number of likely N-dealkylation sites (tertiary alicyclic amines) is 1. The normalized spacial score (nSPS) is 24.6. The van der Waals surface area contributed by atoms with Crippen molar-refractivity contribution < 1.29 is 14.3 Å². The van der Waals surface area contributed by atoms with E-state index in [9.17, 15) is 14.4 Å². The van der Waals surface area contributed by atoms with Crippen LogP contribution in [0.5, 0.6) is 0 Å². The number of pyridine rings is 1. The highest BCUT2D eigenvalue weighted by Crippen LogP contribution is 2.40. The molecule has 0 unspecified atom stereocenters.